The van der Waals surface area contributed by atoms with Crippen LogP contribution in [-0.4, -0.2) is 15.7 Å². The molecule has 7 heteroatoms. The number of aromatic nitrogens is 2. The molecule has 0 aliphatic carbocycles. The first-order valence-electron chi connectivity index (χ1n) is 7.26. The van der Waals surface area contributed by atoms with Crippen LogP contribution in [0, 0.1) is 6.92 Å². The van der Waals surface area contributed by atoms with Crippen LogP contribution in [0.2, 0.25) is 0 Å². The predicted molar refractivity (Wildman–Crippen MR) is 78.5 cm³/mol. The number of hydrogen-bond acceptors (Lipinski definition) is 3. The van der Waals surface area contributed by atoms with Crippen LogP contribution in [0.5, 0.6) is 5.88 Å². The van der Waals surface area contributed by atoms with Crippen molar-refractivity contribution in [1.29, 1.82) is 0 Å². The van der Waals surface area contributed by atoms with E-state index in [-0.39, 0.29) is 12.3 Å². The molecular weight excluding hydrogens is 309 g/mol. The first-order valence-corrected chi connectivity index (χ1v) is 7.26. The quantitative estimate of drug-likeness (QED) is 0.770. The van der Waals surface area contributed by atoms with Gasteiger partial charge in [0.1, 0.15) is 0 Å². The molecule has 0 N–H and O–H groups in total. The number of halogens is 3. The fourth-order valence-electron chi connectivity index (χ4n) is 2.01. The third kappa shape index (κ3) is 4.34. The number of hydrogen-bond donors (Lipinski definition) is 0. The van der Waals surface area contributed by atoms with Crippen LogP contribution in [0.3, 0.4) is 0 Å². The molecule has 4 nitrogen and oxygen atoms in total. The lowest BCUT2D eigenvalue weighted by Crippen LogP contribution is -2.11. The van der Waals surface area contributed by atoms with Crippen molar-refractivity contribution in [3.05, 3.63) is 41.6 Å². The molecule has 0 aliphatic rings. The molecule has 2 aromatic rings. The molecule has 0 bridgehead atoms. The Balaban J connectivity index is 2.39. The fourth-order valence-corrected chi connectivity index (χ4v) is 2.01. The van der Waals surface area contributed by atoms with E-state index < -0.39 is 17.8 Å². The lowest BCUT2D eigenvalue weighted by Gasteiger charge is -2.08. The maximum atomic E-state index is 12.9. The van der Waals surface area contributed by atoms with Gasteiger partial charge in [-0.05, 0) is 31.0 Å². The summed E-state index contributed by atoms with van der Waals surface area (Å²) in [4.78, 5) is 11.7. The third-order valence-electron chi connectivity index (χ3n) is 3.17. The average Bonchev–Trinajstić information content (AvgIpc) is 2.89. The first kappa shape index (κ1) is 17.1. The van der Waals surface area contributed by atoms with Gasteiger partial charge in [-0.1, -0.05) is 25.5 Å². The molecule has 2 rings (SSSR count). The van der Waals surface area contributed by atoms with Gasteiger partial charge in [-0.3, -0.25) is 4.79 Å². The number of aryl methyl sites for hydroxylation is 1. The van der Waals surface area contributed by atoms with E-state index in [9.17, 15) is 18.0 Å². The van der Waals surface area contributed by atoms with Crippen molar-refractivity contribution >= 4 is 5.97 Å². The summed E-state index contributed by atoms with van der Waals surface area (Å²) in [6.07, 6.45) is -3.06. The van der Waals surface area contributed by atoms with E-state index in [1.165, 1.54) is 0 Å². The summed E-state index contributed by atoms with van der Waals surface area (Å²) >= 11 is 0. The fraction of sp³-hybridized carbons (Fsp3) is 0.375. The summed E-state index contributed by atoms with van der Waals surface area (Å²) < 4.78 is 44.8. The van der Waals surface area contributed by atoms with Gasteiger partial charge in [0.05, 0.1) is 5.69 Å². The molecule has 0 saturated heterocycles. The van der Waals surface area contributed by atoms with Gasteiger partial charge in [0.15, 0.2) is 5.69 Å². The highest BCUT2D eigenvalue weighted by atomic mass is 19.4. The Morgan fingerprint density at radius 2 is 2.04 bits per heavy atom. The van der Waals surface area contributed by atoms with Crippen molar-refractivity contribution < 1.29 is 22.7 Å². The molecular formula is C16H17F3N2O2. The molecule has 1 aromatic heterocycles. The molecule has 0 aliphatic heterocycles. The van der Waals surface area contributed by atoms with Crippen LogP contribution in [0.1, 0.15) is 37.4 Å². The van der Waals surface area contributed by atoms with Crippen LogP contribution < -0.4 is 4.74 Å². The topological polar surface area (TPSA) is 44.1 Å². The smallest absolute Gasteiger partial charge is 0.407 e. The minimum Gasteiger partial charge on any atom is -0.407 e. The second-order valence-electron chi connectivity index (χ2n) is 5.19. The van der Waals surface area contributed by atoms with Crippen molar-refractivity contribution in [1.82, 2.24) is 9.78 Å². The number of nitrogens with zero attached hydrogens (tertiary/aromatic N) is 2. The molecule has 0 unspecified atom stereocenters. The lowest BCUT2D eigenvalue weighted by atomic mass is 10.2. The van der Waals surface area contributed by atoms with Gasteiger partial charge in [0, 0.05) is 12.5 Å². The van der Waals surface area contributed by atoms with E-state index in [0.717, 1.165) is 22.7 Å². The molecule has 0 atom stereocenters. The highest BCUT2D eigenvalue weighted by molar-refractivity contribution is 5.72. The molecule has 0 saturated carbocycles. The number of rotatable bonds is 5. The zero-order valence-electron chi connectivity index (χ0n) is 12.9. The predicted octanol–water partition coefficient (Wildman–Crippen LogP) is 4.30. The number of unbranched alkanes of at least 4 members (excludes halogenated alkanes) is 1. The van der Waals surface area contributed by atoms with Gasteiger partial charge in [-0.2, -0.15) is 18.3 Å². The number of benzene rings is 1. The van der Waals surface area contributed by atoms with Gasteiger partial charge in [0.2, 0.25) is 5.88 Å². The normalized spacial score (nSPS) is 11.5. The Hall–Kier alpha value is -2.31. The van der Waals surface area contributed by atoms with E-state index in [0.29, 0.717) is 12.1 Å². The Kier molecular flexibility index (Phi) is 5.08. The molecule has 1 aromatic carbocycles. The van der Waals surface area contributed by atoms with E-state index in [1.54, 1.807) is 18.2 Å². The molecule has 0 amide bonds. The lowest BCUT2D eigenvalue weighted by molar-refractivity contribution is -0.141. The van der Waals surface area contributed by atoms with Crippen molar-refractivity contribution in [2.75, 3.05) is 0 Å². The largest absolute Gasteiger partial charge is 0.435 e. The number of ether oxygens (including phenoxy) is 1. The van der Waals surface area contributed by atoms with E-state index in [1.807, 2.05) is 19.9 Å². The van der Waals surface area contributed by atoms with Gasteiger partial charge in [0.25, 0.3) is 0 Å². The van der Waals surface area contributed by atoms with Gasteiger partial charge >= 0.3 is 12.1 Å². The standard InChI is InChI=1S/C16H17F3N2O2/c1-3-4-8-15(22)23-14-10-13(16(17,18)19)20-21(14)12-7-5-6-11(2)9-12/h5-7,9-10H,3-4,8H2,1-2H3. The second kappa shape index (κ2) is 6.85. The summed E-state index contributed by atoms with van der Waals surface area (Å²) in [6.45, 7) is 3.72. The van der Waals surface area contributed by atoms with Crippen LogP contribution >= 0.6 is 0 Å². The third-order valence-corrected chi connectivity index (χ3v) is 3.17. The minimum absolute atomic E-state index is 0.150. The molecule has 0 fully saturated rings. The SMILES string of the molecule is CCCCC(=O)Oc1cc(C(F)(F)F)nn1-c1cccc(C)c1. The molecule has 124 valence electrons. The summed E-state index contributed by atoms with van der Waals surface area (Å²) in [5, 5.41) is 3.54. The highest BCUT2D eigenvalue weighted by Gasteiger charge is 2.36. The minimum atomic E-state index is -4.61. The molecule has 23 heavy (non-hydrogen) atoms. The molecule has 1 heterocycles. The highest BCUT2D eigenvalue weighted by Crippen LogP contribution is 2.32. The van der Waals surface area contributed by atoms with Crippen LogP contribution in [0.25, 0.3) is 5.69 Å². The van der Waals surface area contributed by atoms with E-state index in [4.69, 9.17) is 4.74 Å². The van der Waals surface area contributed by atoms with E-state index >= 15 is 0 Å². The van der Waals surface area contributed by atoms with E-state index in [2.05, 4.69) is 5.10 Å². The van der Waals surface area contributed by atoms with Gasteiger partial charge < -0.3 is 4.74 Å². The number of carbonyl (C=O) groups excluding carboxylic acids is 1. The number of esters is 1. The molecule has 0 spiro atoms. The number of carbonyl (C=O) groups is 1. The van der Waals surface area contributed by atoms with Crippen LogP contribution in [-0.2, 0) is 11.0 Å². The van der Waals surface area contributed by atoms with Gasteiger partial charge in [-0.15, -0.1) is 0 Å². The van der Waals surface area contributed by atoms with Crippen LogP contribution in [0.4, 0.5) is 13.2 Å². The Morgan fingerprint density at radius 1 is 1.30 bits per heavy atom. The summed E-state index contributed by atoms with van der Waals surface area (Å²) in [7, 11) is 0. The summed E-state index contributed by atoms with van der Waals surface area (Å²) in [6, 6.07) is 7.51. The Morgan fingerprint density at radius 3 is 2.65 bits per heavy atom. The second-order valence-corrected chi connectivity index (χ2v) is 5.19. The van der Waals surface area contributed by atoms with Crippen LogP contribution in [0.15, 0.2) is 30.3 Å². The van der Waals surface area contributed by atoms with Crippen molar-refractivity contribution in [3.8, 4) is 11.6 Å². The van der Waals surface area contributed by atoms with Crippen molar-refractivity contribution in [3.63, 3.8) is 0 Å². The Labute approximate surface area is 131 Å². The van der Waals surface area contributed by atoms with Gasteiger partial charge in [-0.25, -0.2) is 4.68 Å². The Bertz CT molecular complexity index is 693. The maximum absolute atomic E-state index is 12.9. The average molecular weight is 326 g/mol. The monoisotopic (exact) mass is 326 g/mol. The first-order chi connectivity index (χ1) is 10.8. The summed E-state index contributed by atoms with van der Waals surface area (Å²) in [5.41, 5.74) is 0.158. The van der Waals surface area contributed by atoms with Crippen molar-refractivity contribution in [2.24, 2.45) is 0 Å². The zero-order valence-corrected chi connectivity index (χ0v) is 12.9. The maximum Gasteiger partial charge on any atom is 0.435 e. The zero-order chi connectivity index (χ0) is 17.0. The molecule has 0 radical (unpaired) electrons. The van der Waals surface area contributed by atoms with Crippen molar-refractivity contribution in [2.45, 2.75) is 39.3 Å². The summed E-state index contributed by atoms with van der Waals surface area (Å²) in [5.74, 6) is -0.807. The number of alkyl halides is 3.